The number of nitrogens with two attached hydrogens (primary N) is 1. The maximum Gasteiger partial charge on any atom is 0.321 e. The number of amides is 5. The van der Waals surface area contributed by atoms with Gasteiger partial charge in [-0.25, -0.2) is 4.79 Å². The summed E-state index contributed by atoms with van der Waals surface area (Å²) in [7, 11) is 0. The fraction of sp³-hybridized carbons (Fsp3) is 0.370. The number of fused-ring (bicyclic) bond motifs is 1. The van der Waals surface area contributed by atoms with E-state index in [-0.39, 0.29) is 24.3 Å². The third-order valence-corrected chi connectivity index (χ3v) is 6.81. The smallest absolute Gasteiger partial charge is 0.321 e. The van der Waals surface area contributed by atoms with Crippen LogP contribution in [0.15, 0.2) is 47.5 Å². The SMILES string of the molecule is CC1=NC(NC(=O)Nc2cccc(C)c2)C(=O)N(CC(=O)N2CCC(C(N)=O)CC2)c2c(C)cccc21. The minimum absolute atomic E-state index is 0.210. The number of likely N-dealkylation sites (tertiary alicyclic amines) is 1. The predicted molar refractivity (Wildman–Crippen MR) is 141 cm³/mol. The highest BCUT2D eigenvalue weighted by Gasteiger charge is 2.35. The molecule has 2 aliphatic heterocycles. The van der Waals surface area contributed by atoms with E-state index < -0.39 is 18.1 Å². The lowest BCUT2D eigenvalue weighted by Gasteiger charge is -2.33. The molecule has 2 aromatic carbocycles. The molecule has 10 heteroatoms. The van der Waals surface area contributed by atoms with E-state index in [2.05, 4.69) is 15.6 Å². The van der Waals surface area contributed by atoms with Gasteiger partial charge in [-0.3, -0.25) is 24.3 Å². The maximum atomic E-state index is 13.8. The number of carbonyl (C=O) groups is 4. The predicted octanol–water partition coefficient (Wildman–Crippen LogP) is 2.33. The van der Waals surface area contributed by atoms with Crippen molar-refractivity contribution in [3.8, 4) is 0 Å². The van der Waals surface area contributed by atoms with Gasteiger partial charge in [0.1, 0.15) is 6.54 Å². The van der Waals surface area contributed by atoms with E-state index >= 15 is 0 Å². The van der Waals surface area contributed by atoms with E-state index in [0.717, 1.165) is 16.7 Å². The first-order chi connectivity index (χ1) is 17.6. The van der Waals surface area contributed by atoms with Crippen molar-refractivity contribution >= 4 is 40.8 Å². The minimum atomic E-state index is -1.22. The van der Waals surface area contributed by atoms with Crippen LogP contribution >= 0.6 is 0 Å². The summed E-state index contributed by atoms with van der Waals surface area (Å²) < 4.78 is 0. The lowest BCUT2D eigenvalue weighted by Crippen LogP contribution is -2.52. The van der Waals surface area contributed by atoms with Crippen LogP contribution in [-0.2, 0) is 14.4 Å². The molecule has 10 nitrogen and oxygen atoms in total. The van der Waals surface area contributed by atoms with Gasteiger partial charge in [-0.2, -0.15) is 0 Å². The Kier molecular flexibility index (Phi) is 7.56. The number of para-hydroxylation sites is 1. The van der Waals surface area contributed by atoms with Gasteiger partial charge < -0.3 is 21.3 Å². The number of primary amides is 1. The standard InChI is InChI=1S/C27H32N6O4/c1-16-6-4-8-20(14-16)30-27(37)31-25-26(36)33(23-17(2)7-5-9-21(23)18(3)29-25)15-22(34)32-12-10-19(11-13-32)24(28)35/h4-9,14,19,25H,10-13,15H2,1-3H3,(H2,28,35)(H2,30,31,37). The first-order valence-electron chi connectivity index (χ1n) is 12.3. The summed E-state index contributed by atoms with van der Waals surface area (Å²) in [5, 5.41) is 5.39. The highest BCUT2D eigenvalue weighted by atomic mass is 16.2. The Labute approximate surface area is 215 Å². The van der Waals surface area contributed by atoms with Crippen LogP contribution in [0.25, 0.3) is 0 Å². The number of hydrogen-bond donors (Lipinski definition) is 3. The molecule has 1 atom stereocenters. The summed E-state index contributed by atoms with van der Waals surface area (Å²) in [5.74, 6) is -1.35. The zero-order chi connectivity index (χ0) is 26.7. The number of benzodiazepines with no additional fused rings is 1. The molecule has 2 aliphatic rings. The fourth-order valence-corrected chi connectivity index (χ4v) is 4.80. The molecule has 2 aromatic rings. The largest absolute Gasteiger partial charge is 0.369 e. The zero-order valence-corrected chi connectivity index (χ0v) is 21.3. The summed E-state index contributed by atoms with van der Waals surface area (Å²) in [4.78, 5) is 58.9. The second kappa shape index (κ2) is 10.8. The highest BCUT2D eigenvalue weighted by molar-refractivity contribution is 6.14. The molecular formula is C27H32N6O4. The number of carbonyl (C=O) groups excluding carboxylic acids is 4. The quantitative estimate of drug-likeness (QED) is 0.575. The first kappa shape index (κ1) is 25.9. The van der Waals surface area contributed by atoms with E-state index in [1.54, 1.807) is 17.9 Å². The number of benzene rings is 2. The van der Waals surface area contributed by atoms with Gasteiger partial charge >= 0.3 is 6.03 Å². The fourth-order valence-electron chi connectivity index (χ4n) is 4.80. The second-order valence-corrected chi connectivity index (χ2v) is 9.54. The van der Waals surface area contributed by atoms with Crippen LogP contribution in [0.3, 0.4) is 0 Å². The van der Waals surface area contributed by atoms with Crippen molar-refractivity contribution in [2.75, 3.05) is 29.9 Å². The monoisotopic (exact) mass is 504 g/mol. The van der Waals surface area contributed by atoms with E-state index in [9.17, 15) is 19.2 Å². The van der Waals surface area contributed by atoms with E-state index in [4.69, 9.17) is 5.73 Å². The molecule has 37 heavy (non-hydrogen) atoms. The lowest BCUT2D eigenvalue weighted by atomic mass is 9.96. The van der Waals surface area contributed by atoms with Crippen LogP contribution in [0, 0.1) is 19.8 Å². The number of aliphatic imine (C=N–C) groups is 1. The molecule has 0 radical (unpaired) electrons. The number of hydrogen-bond acceptors (Lipinski definition) is 5. The third kappa shape index (κ3) is 5.79. The number of nitrogens with zero attached hydrogens (tertiary/aromatic N) is 3. The van der Waals surface area contributed by atoms with Crippen molar-refractivity contribution in [1.29, 1.82) is 0 Å². The number of urea groups is 1. The van der Waals surface area contributed by atoms with Gasteiger partial charge in [0.15, 0.2) is 0 Å². The Morgan fingerprint density at radius 1 is 1.05 bits per heavy atom. The Bertz CT molecular complexity index is 1270. The van der Waals surface area contributed by atoms with Crippen LogP contribution in [-0.4, -0.2) is 60.2 Å². The molecule has 1 saturated heterocycles. The van der Waals surface area contributed by atoms with E-state index in [0.29, 0.717) is 43.0 Å². The van der Waals surface area contributed by atoms with Crippen molar-refractivity contribution < 1.29 is 19.2 Å². The van der Waals surface area contributed by atoms with Crippen LogP contribution in [0.2, 0.25) is 0 Å². The highest BCUT2D eigenvalue weighted by Crippen LogP contribution is 2.30. The summed E-state index contributed by atoms with van der Waals surface area (Å²) in [6, 6.07) is 12.3. The molecule has 4 rings (SSSR count). The van der Waals surface area contributed by atoms with Crippen LogP contribution < -0.4 is 21.3 Å². The van der Waals surface area contributed by atoms with E-state index in [1.165, 1.54) is 4.90 Å². The number of nitrogens with one attached hydrogen (secondary N) is 2. The molecule has 0 saturated carbocycles. The summed E-state index contributed by atoms with van der Waals surface area (Å²) >= 11 is 0. The Morgan fingerprint density at radius 3 is 2.43 bits per heavy atom. The van der Waals surface area contributed by atoms with Crippen molar-refractivity contribution in [3.63, 3.8) is 0 Å². The molecule has 5 amide bonds. The molecule has 0 spiro atoms. The summed E-state index contributed by atoms with van der Waals surface area (Å²) in [6.45, 7) is 6.14. The third-order valence-electron chi connectivity index (χ3n) is 6.81. The van der Waals surface area contributed by atoms with Crippen LogP contribution in [0.1, 0.15) is 36.5 Å². The van der Waals surface area contributed by atoms with Gasteiger partial charge in [0.05, 0.1) is 5.69 Å². The second-order valence-electron chi connectivity index (χ2n) is 9.54. The van der Waals surface area contributed by atoms with Crippen molar-refractivity contribution in [3.05, 3.63) is 59.2 Å². The van der Waals surface area contributed by atoms with Crippen molar-refractivity contribution in [1.82, 2.24) is 10.2 Å². The average Bonchev–Trinajstić information content (AvgIpc) is 2.95. The molecule has 0 bridgehead atoms. The van der Waals surface area contributed by atoms with Gasteiger partial charge in [-0.1, -0.05) is 30.3 Å². The Balaban J connectivity index is 1.57. The number of aryl methyl sites for hydroxylation is 2. The average molecular weight is 505 g/mol. The van der Waals surface area contributed by atoms with E-state index in [1.807, 2.05) is 50.2 Å². The molecular weight excluding hydrogens is 472 g/mol. The van der Waals surface area contributed by atoms with Crippen LogP contribution in [0.5, 0.6) is 0 Å². The summed E-state index contributed by atoms with van der Waals surface area (Å²) in [5.41, 5.74) is 9.69. The lowest BCUT2D eigenvalue weighted by molar-refractivity contribution is -0.134. The zero-order valence-electron chi connectivity index (χ0n) is 21.3. The van der Waals surface area contributed by atoms with Crippen molar-refractivity contribution in [2.45, 2.75) is 39.8 Å². The van der Waals surface area contributed by atoms with Gasteiger partial charge in [0, 0.05) is 36.0 Å². The topological polar surface area (TPSA) is 137 Å². The van der Waals surface area contributed by atoms with Gasteiger partial charge in [-0.05, 0) is 56.9 Å². The molecule has 2 heterocycles. The normalized spacial score (nSPS) is 18.0. The molecule has 0 aromatic heterocycles. The molecule has 4 N–H and O–H groups in total. The molecule has 1 unspecified atom stereocenters. The number of anilines is 2. The van der Waals surface area contributed by atoms with Crippen LogP contribution in [0.4, 0.5) is 16.2 Å². The molecule has 194 valence electrons. The Morgan fingerprint density at radius 2 is 1.76 bits per heavy atom. The Hall–Kier alpha value is -4.21. The number of rotatable bonds is 5. The maximum absolute atomic E-state index is 13.8. The van der Waals surface area contributed by atoms with Crippen molar-refractivity contribution in [2.24, 2.45) is 16.6 Å². The van der Waals surface area contributed by atoms with Gasteiger partial charge in [0.25, 0.3) is 5.91 Å². The van der Waals surface area contributed by atoms with Gasteiger partial charge in [-0.15, -0.1) is 0 Å². The molecule has 1 fully saturated rings. The number of piperidine rings is 1. The first-order valence-corrected chi connectivity index (χ1v) is 12.3. The molecule has 0 aliphatic carbocycles. The van der Waals surface area contributed by atoms with Gasteiger partial charge in [0.2, 0.25) is 18.0 Å². The summed E-state index contributed by atoms with van der Waals surface area (Å²) in [6.07, 6.45) is -0.225. The minimum Gasteiger partial charge on any atom is -0.369 e.